The fraction of sp³-hybridized carbons (Fsp3) is 0.455. The zero-order valence-electron chi connectivity index (χ0n) is 10.4. The third-order valence-electron chi connectivity index (χ3n) is 3.04. The third-order valence-corrected chi connectivity index (χ3v) is 3.04. The summed E-state index contributed by atoms with van der Waals surface area (Å²) in [7, 11) is 1.60. The van der Waals surface area contributed by atoms with Gasteiger partial charge in [0.15, 0.2) is 0 Å². The molecule has 2 atom stereocenters. The summed E-state index contributed by atoms with van der Waals surface area (Å²) in [6.07, 6.45) is 1.63. The Morgan fingerprint density at radius 2 is 2.00 bits per heavy atom. The Balaban J connectivity index is 2.47. The molecule has 1 aliphatic heterocycles. The Labute approximate surface area is 103 Å². The van der Waals surface area contributed by atoms with Gasteiger partial charge in [0.1, 0.15) is 0 Å². The van der Waals surface area contributed by atoms with Gasteiger partial charge in [-0.2, -0.15) is 4.98 Å². The number of imide groups is 1. The van der Waals surface area contributed by atoms with Crippen molar-refractivity contribution in [3.63, 3.8) is 0 Å². The number of amides is 3. The van der Waals surface area contributed by atoms with Gasteiger partial charge in [-0.05, 0) is 12.5 Å². The lowest BCUT2D eigenvalue weighted by Gasteiger charge is -2.29. The molecular formula is C11H14N4O3. The molecule has 18 heavy (non-hydrogen) atoms. The van der Waals surface area contributed by atoms with Gasteiger partial charge in [-0.3, -0.25) is 10.1 Å². The van der Waals surface area contributed by atoms with Crippen molar-refractivity contribution in [3.05, 3.63) is 27.9 Å². The van der Waals surface area contributed by atoms with E-state index in [1.165, 1.54) is 4.57 Å². The molecule has 1 fully saturated rings. The molecule has 0 radical (unpaired) electrons. The zero-order valence-corrected chi connectivity index (χ0v) is 10.4. The van der Waals surface area contributed by atoms with E-state index in [0.29, 0.717) is 5.69 Å². The lowest BCUT2D eigenvalue weighted by atomic mass is 9.94. The number of nitrogens with one attached hydrogen (secondary N) is 2. The van der Waals surface area contributed by atoms with Crippen molar-refractivity contribution in [1.29, 1.82) is 0 Å². The first-order chi connectivity index (χ1) is 8.40. The number of nitrogens with zero attached hydrogens (tertiary/aromatic N) is 2. The van der Waals surface area contributed by atoms with Gasteiger partial charge in [-0.1, -0.05) is 6.92 Å². The number of aryl methyl sites for hydroxylation is 2. The van der Waals surface area contributed by atoms with Crippen LogP contribution in [-0.2, 0) is 11.8 Å². The van der Waals surface area contributed by atoms with Gasteiger partial charge < -0.3 is 9.88 Å². The summed E-state index contributed by atoms with van der Waals surface area (Å²) >= 11 is 0. The Morgan fingerprint density at radius 1 is 1.33 bits per heavy atom. The minimum Gasteiger partial charge on any atom is -0.329 e. The van der Waals surface area contributed by atoms with Crippen LogP contribution in [0, 0.1) is 12.8 Å². The van der Waals surface area contributed by atoms with Crippen LogP contribution in [0.4, 0.5) is 4.79 Å². The number of carbonyl (C=O) groups is 2. The van der Waals surface area contributed by atoms with Crippen LogP contribution in [0.25, 0.3) is 0 Å². The molecule has 2 heterocycles. The van der Waals surface area contributed by atoms with Crippen LogP contribution in [0.1, 0.15) is 24.2 Å². The van der Waals surface area contributed by atoms with E-state index in [4.69, 9.17) is 0 Å². The van der Waals surface area contributed by atoms with Gasteiger partial charge >= 0.3 is 11.7 Å². The number of urea groups is 1. The maximum atomic E-state index is 11.6. The molecule has 1 aromatic rings. The molecule has 96 valence electrons. The first-order valence-corrected chi connectivity index (χ1v) is 5.55. The highest BCUT2D eigenvalue weighted by molar-refractivity contribution is 5.98. The van der Waals surface area contributed by atoms with E-state index in [2.05, 4.69) is 15.6 Å². The second kappa shape index (κ2) is 4.25. The molecule has 7 nitrogen and oxygen atoms in total. The van der Waals surface area contributed by atoms with Gasteiger partial charge in [0, 0.05) is 13.2 Å². The van der Waals surface area contributed by atoms with E-state index in [-0.39, 0.29) is 5.91 Å². The molecule has 1 aromatic heterocycles. The largest absolute Gasteiger partial charge is 0.347 e. The van der Waals surface area contributed by atoms with Crippen LogP contribution in [0.5, 0.6) is 0 Å². The van der Waals surface area contributed by atoms with Gasteiger partial charge in [-0.15, -0.1) is 0 Å². The van der Waals surface area contributed by atoms with Crippen LogP contribution in [0.2, 0.25) is 0 Å². The highest BCUT2D eigenvalue weighted by Gasteiger charge is 2.34. The number of hydrogen-bond acceptors (Lipinski definition) is 4. The average molecular weight is 250 g/mol. The molecule has 2 N–H and O–H groups in total. The SMILES string of the molecule is Cc1cn(C)c(=O)nc1[C@@H]1NC(=O)NC(=O)[C@H]1C. The lowest BCUT2D eigenvalue weighted by Crippen LogP contribution is -2.53. The monoisotopic (exact) mass is 250 g/mol. The minimum atomic E-state index is -0.569. The van der Waals surface area contributed by atoms with Crippen molar-refractivity contribution in [1.82, 2.24) is 20.2 Å². The molecule has 0 aliphatic carbocycles. The van der Waals surface area contributed by atoms with E-state index in [1.807, 2.05) is 0 Å². The lowest BCUT2D eigenvalue weighted by molar-refractivity contribution is -0.125. The summed E-state index contributed by atoms with van der Waals surface area (Å²) in [5, 5.41) is 4.79. The summed E-state index contributed by atoms with van der Waals surface area (Å²) in [4.78, 5) is 38.4. The maximum absolute atomic E-state index is 11.6. The second-order valence-corrected chi connectivity index (χ2v) is 4.43. The molecule has 0 aromatic carbocycles. The van der Waals surface area contributed by atoms with Crippen molar-refractivity contribution < 1.29 is 9.59 Å². The second-order valence-electron chi connectivity index (χ2n) is 4.43. The highest BCUT2D eigenvalue weighted by atomic mass is 16.2. The molecule has 0 bridgehead atoms. The Kier molecular flexibility index (Phi) is 2.90. The van der Waals surface area contributed by atoms with E-state index in [0.717, 1.165) is 5.56 Å². The van der Waals surface area contributed by atoms with E-state index < -0.39 is 23.7 Å². The van der Waals surface area contributed by atoms with Crippen molar-refractivity contribution in [2.75, 3.05) is 0 Å². The Hall–Kier alpha value is -2.18. The molecule has 1 saturated heterocycles. The third kappa shape index (κ3) is 1.99. The Bertz CT molecular complexity index is 578. The standard InChI is InChI=1S/C11H14N4O3/c1-5-4-15(3)11(18)13-7(5)8-6(2)9(16)14-10(17)12-8/h4,6,8H,1-3H3,(H2,12,14,16,17)/t6-,8+/m0/s1. The van der Waals surface area contributed by atoms with E-state index in [1.54, 1.807) is 27.1 Å². The summed E-state index contributed by atoms with van der Waals surface area (Å²) in [5.41, 5.74) is 0.779. The number of carbonyl (C=O) groups excluding carboxylic acids is 2. The zero-order chi connectivity index (χ0) is 13.4. The fourth-order valence-corrected chi connectivity index (χ4v) is 1.98. The summed E-state index contributed by atoms with van der Waals surface area (Å²) < 4.78 is 1.36. The highest BCUT2D eigenvalue weighted by Crippen LogP contribution is 2.24. The van der Waals surface area contributed by atoms with Crippen LogP contribution < -0.4 is 16.3 Å². The molecule has 1 aliphatic rings. The van der Waals surface area contributed by atoms with Gasteiger partial charge in [0.25, 0.3) is 0 Å². The van der Waals surface area contributed by atoms with Crippen LogP contribution >= 0.6 is 0 Å². The van der Waals surface area contributed by atoms with Crippen molar-refractivity contribution in [2.45, 2.75) is 19.9 Å². The smallest absolute Gasteiger partial charge is 0.329 e. The number of rotatable bonds is 1. The van der Waals surface area contributed by atoms with E-state index >= 15 is 0 Å². The van der Waals surface area contributed by atoms with Crippen LogP contribution in [0.15, 0.2) is 11.0 Å². The van der Waals surface area contributed by atoms with Crippen molar-refractivity contribution in [3.8, 4) is 0 Å². The topological polar surface area (TPSA) is 93.1 Å². The average Bonchev–Trinajstić information content (AvgIpc) is 2.29. The van der Waals surface area contributed by atoms with Crippen molar-refractivity contribution >= 4 is 11.9 Å². The minimum absolute atomic E-state index is 0.370. The van der Waals surface area contributed by atoms with Gasteiger partial charge in [0.05, 0.1) is 17.7 Å². The quantitative estimate of drug-likeness (QED) is 0.709. The molecule has 0 saturated carbocycles. The van der Waals surface area contributed by atoms with Gasteiger partial charge in [0.2, 0.25) is 5.91 Å². The first-order valence-electron chi connectivity index (χ1n) is 5.55. The summed E-state index contributed by atoms with van der Waals surface area (Å²) in [6, 6.07) is -1.13. The van der Waals surface area contributed by atoms with Crippen molar-refractivity contribution in [2.24, 2.45) is 13.0 Å². The van der Waals surface area contributed by atoms with E-state index in [9.17, 15) is 14.4 Å². The number of aromatic nitrogens is 2. The predicted molar refractivity (Wildman–Crippen MR) is 62.8 cm³/mol. The number of hydrogen-bond donors (Lipinski definition) is 2. The molecular weight excluding hydrogens is 236 g/mol. The molecule has 7 heteroatoms. The molecule has 3 amide bonds. The molecule has 2 rings (SSSR count). The molecule has 0 spiro atoms. The Morgan fingerprint density at radius 3 is 2.67 bits per heavy atom. The molecule has 0 unspecified atom stereocenters. The first kappa shape index (κ1) is 12.3. The summed E-state index contributed by atoms with van der Waals surface area (Å²) in [5.74, 6) is -0.841. The normalized spacial score (nSPS) is 23.5. The maximum Gasteiger partial charge on any atom is 0.347 e. The van der Waals surface area contributed by atoms with Gasteiger partial charge in [-0.25, -0.2) is 9.59 Å². The van der Waals surface area contributed by atoms with Crippen LogP contribution in [0.3, 0.4) is 0 Å². The summed E-state index contributed by atoms with van der Waals surface area (Å²) in [6.45, 7) is 3.46. The fourth-order valence-electron chi connectivity index (χ4n) is 1.98. The van der Waals surface area contributed by atoms with Crippen LogP contribution in [-0.4, -0.2) is 21.5 Å². The predicted octanol–water partition coefficient (Wildman–Crippen LogP) is -0.395.